The first-order valence-electron chi connectivity index (χ1n) is 4.93. The highest BCUT2D eigenvalue weighted by Crippen LogP contribution is 2.34. The summed E-state index contributed by atoms with van der Waals surface area (Å²) in [7, 11) is 0. The van der Waals surface area contributed by atoms with Crippen LogP contribution in [0.4, 0.5) is 0 Å². The number of H-pyrrole nitrogens is 2. The smallest absolute Gasteiger partial charge is 0.271 e. The SMILES string of the molecule is O=c1[nH]nc(SCc2c(Cl)ccc(Cl)c2Cl)c(=O)[nH]1. The normalized spacial score (nSPS) is 10.7. The van der Waals surface area contributed by atoms with E-state index in [2.05, 4.69) is 15.2 Å². The Kier molecular flexibility index (Phi) is 4.57. The molecule has 0 fully saturated rings. The fourth-order valence-corrected chi connectivity index (χ4v) is 2.99. The third-order valence-corrected chi connectivity index (χ3v) is 4.35. The largest absolute Gasteiger partial charge is 0.342 e. The van der Waals surface area contributed by atoms with E-state index in [-0.39, 0.29) is 5.03 Å². The molecule has 0 bridgehead atoms. The molecule has 0 amide bonds. The van der Waals surface area contributed by atoms with Gasteiger partial charge in [0.2, 0.25) is 0 Å². The molecule has 9 heteroatoms. The summed E-state index contributed by atoms with van der Waals surface area (Å²) in [5, 5.41) is 7.06. The van der Waals surface area contributed by atoms with Gasteiger partial charge in [0.25, 0.3) is 5.56 Å². The number of thioether (sulfide) groups is 1. The Morgan fingerprint density at radius 3 is 2.53 bits per heavy atom. The minimum atomic E-state index is -0.659. The lowest BCUT2D eigenvalue weighted by Crippen LogP contribution is -2.24. The molecule has 0 unspecified atom stereocenters. The maximum atomic E-state index is 11.4. The van der Waals surface area contributed by atoms with Crippen LogP contribution in [0.1, 0.15) is 5.56 Å². The molecule has 2 aromatic rings. The van der Waals surface area contributed by atoms with Gasteiger partial charge in [-0.3, -0.25) is 9.78 Å². The van der Waals surface area contributed by atoms with Crippen molar-refractivity contribution in [2.24, 2.45) is 0 Å². The van der Waals surface area contributed by atoms with Gasteiger partial charge in [-0.05, 0) is 12.1 Å². The van der Waals surface area contributed by atoms with Gasteiger partial charge < -0.3 is 0 Å². The van der Waals surface area contributed by atoms with Crippen LogP contribution >= 0.6 is 46.6 Å². The first kappa shape index (κ1) is 14.5. The Morgan fingerprint density at radius 2 is 1.84 bits per heavy atom. The molecular weight excluding hydrogens is 333 g/mol. The van der Waals surface area contributed by atoms with Crippen LogP contribution in [0.5, 0.6) is 0 Å². The highest BCUT2D eigenvalue weighted by molar-refractivity contribution is 7.98. The molecule has 0 saturated carbocycles. The number of hydrogen-bond donors (Lipinski definition) is 2. The lowest BCUT2D eigenvalue weighted by Gasteiger charge is -2.07. The number of rotatable bonds is 3. The third kappa shape index (κ3) is 3.33. The van der Waals surface area contributed by atoms with E-state index in [1.165, 1.54) is 0 Å². The Balaban J connectivity index is 2.26. The summed E-state index contributed by atoms with van der Waals surface area (Å²) < 4.78 is 0. The van der Waals surface area contributed by atoms with Crippen LogP contribution in [-0.2, 0) is 5.75 Å². The number of halogens is 3. The number of aromatic nitrogens is 3. The van der Waals surface area contributed by atoms with Crippen molar-refractivity contribution in [2.75, 3.05) is 0 Å². The molecule has 19 heavy (non-hydrogen) atoms. The van der Waals surface area contributed by atoms with Gasteiger partial charge >= 0.3 is 5.69 Å². The number of benzene rings is 1. The Hall–Kier alpha value is -0.950. The first-order valence-corrected chi connectivity index (χ1v) is 7.05. The monoisotopic (exact) mass is 337 g/mol. The van der Waals surface area contributed by atoms with Gasteiger partial charge in [-0.25, -0.2) is 9.89 Å². The Bertz CT molecular complexity index is 729. The van der Waals surface area contributed by atoms with E-state index in [0.29, 0.717) is 26.4 Å². The molecule has 0 saturated heterocycles. The molecule has 2 rings (SSSR count). The minimum Gasteiger partial charge on any atom is -0.271 e. The Morgan fingerprint density at radius 1 is 1.16 bits per heavy atom. The average Bonchev–Trinajstić information content (AvgIpc) is 2.36. The zero-order valence-corrected chi connectivity index (χ0v) is 12.3. The molecule has 0 aliphatic carbocycles. The van der Waals surface area contributed by atoms with Crippen LogP contribution in [-0.4, -0.2) is 15.2 Å². The van der Waals surface area contributed by atoms with Crippen molar-refractivity contribution in [1.82, 2.24) is 15.2 Å². The number of aromatic amines is 2. The predicted molar refractivity (Wildman–Crippen MR) is 76.5 cm³/mol. The molecule has 0 spiro atoms. The maximum absolute atomic E-state index is 11.4. The summed E-state index contributed by atoms with van der Waals surface area (Å²) in [6, 6.07) is 3.21. The van der Waals surface area contributed by atoms with Crippen molar-refractivity contribution in [2.45, 2.75) is 10.8 Å². The van der Waals surface area contributed by atoms with Crippen LogP contribution in [0.25, 0.3) is 0 Å². The van der Waals surface area contributed by atoms with Crippen LogP contribution in [0.3, 0.4) is 0 Å². The van der Waals surface area contributed by atoms with Crippen LogP contribution in [0.15, 0.2) is 26.7 Å². The van der Waals surface area contributed by atoms with Crippen molar-refractivity contribution in [3.8, 4) is 0 Å². The predicted octanol–water partition coefficient (Wildman–Crippen LogP) is 2.71. The van der Waals surface area contributed by atoms with E-state index >= 15 is 0 Å². The molecule has 0 atom stereocenters. The van der Waals surface area contributed by atoms with Crippen molar-refractivity contribution >= 4 is 46.6 Å². The highest BCUT2D eigenvalue weighted by Gasteiger charge is 2.12. The molecule has 1 aromatic heterocycles. The van der Waals surface area contributed by atoms with Gasteiger partial charge in [-0.15, -0.1) is 0 Å². The molecule has 100 valence electrons. The minimum absolute atomic E-state index is 0.117. The molecule has 0 aliphatic rings. The lowest BCUT2D eigenvalue weighted by molar-refractivity contribution is 0.807. The zero-order valence-electron chi connectivity index (χ0n) is 9.17. The fraction of sp³-hybridized carbons (Fsp3) is 0.100. The molecule has 0 aliphatic heterocycles. The van der Waals surface area contributed by atoms with Crippen LogP contribution in [0.2, 0.25) is 15.1 Å². The summed E-state index contributed by atoms with van der Waals surface area (Å²) in [6.07, 6.45) is 0. The van der Waals surface area contributed by atoms with Crippen molar-refractivity contribution in [1.29, 1.82) is 0 Å². The lowest BCUT2D eigenvalue weighted by atomic mass is 10.2. The molecular formula is C10H6Cl3N3O2S. The van der Waals surface area contributed by atoms with Crippen molar-refractivity contribution in [3.05, 3.63) is 53.6 Å². The summed E-state index contributed by atoms with van der Waals surface area (Å²) in [5.74, 6) is 0.306. The topological polar surface area (TPSA) is 78.6 Å². The first-order chi connectivity index (χ1) is 8.99. The average molecular weight is 339 g/mol. The van der Waals surface area contributed by atoms with Gasteiger partial charge in [-0.2, -0.15) is 5.10 Å². The summed E-state index contributed by atoms with van der Waals surface area (Å²) in [5.41, 5.74) is -0.621. The second-order valence-electron chi connectivity index (χ2n) is 3.42. The van der Waals surface area contributed by atoms with Crippen LogP contribution < -0.4 is 11.2 Å². The van der Waals surface area contributed by atoms with E-state index in [4.69, 9.17) is 34.8 Å². The number of hydrogen-bond acceptors (Lipinski definition) is 4. The fourth-order valence-electron chi connectivity index (χ4n) is 1.28. The standard InChI is InChI=1S/C10H6Cl3N3O2S/c11-5-1-2-6(12)7(13)4(5)3-19-9-8(17)14-10(18)16-15-9/h1-2H,3H2,(H2,14,16,17,18). The van der Waals surface area contributed by atoms with Gasteiger partial charge in [0.15, 0.2) is 5.03 Å². The second-order valence-corrected chi connectivity index (χ2v) is 5.58. The molecule has 1 aromatic carbocycles. The van der Waals surface area contributed by atoms with Crippen molar-refractivity contribution < 1.29 is 0 Å². The highest BCUT2D eigenvalue weighted by atomic mass is 35.5. The number of nitrogens with zero attached hydrogens (tertiary/aromatic N) is 1. The van der Waals surface area contributed by atoms with E-state index < -0.39 is 11.2 Å². The van der Waals surface area contributed by atoms with Gasteiger partial charge in [0.1, 0.15) is 0 Å². The van der Waals surface area contributed by atoms with Gasteiger partial charge in [-0.1, -0.05) is 46.6 Å². The second kappa shape index (κ2) is 6.00. The van der Waals surface area contributed by atoms with E-state index in [1.807, 2.05) is 0 Å². The third-order valence-electron chi connectivity index (χ3n) is 2.17. The molecule has 2 N–H and O–H groups in total. The summed E-state index contributed by atoms with van der Waals surface area (Å²) in [6.45, 7) is 0. The summed E-state index contributed by atoms with van der Waals surface area (Å²) >= 11 is 19.0. The molecule has 0 radical (unpaired) electrons. The van der Waals surface area contributed by atoms with Crippen molar-refractivity contribution in [3.63, 3.8) is 0 Å². The maximum Gasteiger partial charge on any atom is 0.342 e. The van der Waals surface area contributed by atoms with Gasteiger partial charge in [0, 0.05) is 16.3 Å². The Labute approximate surface area is 126 Å². The van der Waals surface area contributed by atoms with Gasteiger partial charge in [0.05, 0.1) is 10.0 Å². The zero-order chi connectivity index (χ0) is 14.0. The quantitative estimate of drug-likeness (QED) is 0.666. The molecule has 5 nitrogen and oxygen atoms in total. The van der Waals surface area contributed by atoms with E-state index in [1.54, 1.807) is 12.1 Å². The van der Waals surface area contributed by atoms with E-state index in [9.17, 15) is 9.59 Å². The van der Waals surface area contributed by atoms with E-state index in [0.717, 1.165) is 11.8 Å². The molecule has 1 heterocycles. The summed E-state index contributed by atoms with van der Waals surface area (Å²) in [4.78, 5) is 24.3. The van der Waals surface area contributed by atoms with Crippen LogP contribution in [0, 0.1) is 0 Å². The number of nitrogens with one attached hydrogen (secondary N) is 2.